The van der Waals surface area contributed by atoms with Crippen molar-refractivity contribution in [3.8, 4) is 0 Å². The molecular weight excluding hydrogens is 449 g/mol. The van der Waals surface area contributed by atoms with Crippen LogP contribution in [0.25, 0.3) is 0 Å². The summed E-state index contributed by atoms with van der Waals surface area (Å²) in [4.78, 5) is 28.5. The number of benzene rings is 2. The number of para-hydroxylation sites is 1. The number of piperazine rings is 1. The third kappa shape index (κ3) is 5.51. The zero-order valence-electron chi connectivity index (χ0n) is 18.1. The average Bonchev–Trinajstić information content (AvgIpc) is 3.38. The SMILES string of the molecule is O=C(Nc1ccc(NCC(=O)N2CCN(c3ccccc3)CC2)c(C(F)(F)F)c1)c1ccco1. The van der Waals surface area contributed by atoms with Gasteiger partial charge in [0.15, 0.2) is 5.76 Å². The summed E-state index contributed by atoms with van der Waals surface area (Å²) in [5.41, 5.74) is -0.185. The van der Waals surface area contributed by atoms with Crippen LogP contribution in [0.4, 0.5) is 30.2 Å². The molecule has 2 amide bonds. The normalized spacial score (nSPS) is 14.1. The maximum absolute atomic E-state index is 13.7. The Balaban J connectivity index is 1.37. The van der Waals surface area contributed by atoms with E-state index in [0.29, 0.717) is 26.2 Å². The van der Waals surface area contributed by atoms with Gasteiger partial charge in [0.05, 0.1) is 18.4 Å². The van der Waals surface area contributed by atoms with E-state index in [2.05, 4.69) is 15.5 Å². The molecule has 0 aliphatic carbocycles. The summed E-state index contributed by atoms with van der Waals surface area (Å²) in [6.07, 6.45) is -3.39. The lowest BCUT2D eigenvalue weighted by molar-refractivity contribution is -0.137. The number of hydrogen-bond donors (Lipinski definition) is 2. The number of furan rings is 1. The molecule has 178 valence electrons. The van der Waals surface area contributed by atoms with Crippen LogP contribution >= 0.6 is 0 Å². The molecule has 7 nitrogen and oxygen atoms in total. The summed E-state index contributed by atoms with van der Waals surface area (Å²) in [6, 6.07) is 16.1. The summed E-state index contributed by atoms with van der Waals surface area (Å²) in [5, 5.41) is 4.99. The third-order valence-corrected chi connectivity index (χ3v) is 5.51. The molecule has 1 aliphatic heterocycles. The molecule has 0 saturated carbocycles. The first-order chi connectivity index (χ1) is 16.3. The van der Waals surface area contributed by atoms with Crippen molar-refractivity contribution in [1.29, 1.82) is 0 Å². The summed E-state index contributed by atoms with van der Waals surface area (Å²) in [7, 11) is 0. The average molecular weight is 472 g/mol. The molecule has 2 aromatic carbocycles. The number of nitrogens with one attached hydrogen (secondary N) is 2. The summed E-state index contributed by atoms with van der Waals surface area (Å²) < 4.78 is 45.9. The fourth-order valence-corrected chi connectivity index (χ4v) is 3.75. The van der Waals surface area contributed by atoms with Gasteiger partial charge < -0.3 is 24.9 Å². The highest BCUT2D eigenvalue weighted by Gasteiger charge is 2.34. The zero-order valence-corrected chi connectivity index (χ0v) is 18.1. The highest BCUT2D eigenvalue weighted by molar-refractivity contribution is 6.02. The molecule has 3 aromatic rings. The van der Waals surface area contributed by atoms with Crippen LogP contribution in [0, 0.1) is 0 Å². The van der Waals surface area contributed by atoms with Gasteiger partial charge in [-0.25, -0.2) is 0 Å². The molecular formula is C24H23F3N4O3. The van der Waals surface area contributed by atoms with Crippen molar-refractivity contribution in [1.82, 2.24) is 4.90 Å². The predicted octanol–water partition coefficient (Wildman–Crippen LogP) is 4.31. The lowest BCUT2D eigenvalue weighted by Crippen LogP contribution is -2.50. The van der Waals surface area contributed by atoms with Crippen LogP contribution in [0.5, 0.6) is 0 Å². The minimum atomic E-state index is -4.68. The Morgan fingerprint density at radius 3 is 2.32 bits per heavy atom. The highest BCUT2D eigenvalue weighted by atomic mass is 19.4. The van der Waals surface area contributed by atoms with Gasteiger partial charge in [0.1, 0.15) is 0 Å². The van der Waals surface area contributed by atoms with Gasteiger partial charge in [-0.05, 0) is 42.5 Å². The number of carbonyl (C=O) groups excluding carboxylic acids is 2. The maximum atomic E-state index is 13.7. The third-order valence-electron chi connectivity index (χ3n) is 5.51. The number of carbonyl (C=O) groups is 2. The van der Waals surface area contributed by atoms with E-state index in [9.17, 15) is 22.8 Å². The van der Waals surface area contributed by atoms with Crippen LogP contribution in [-0.4, -0.2) is 49.4 Å². The quantitative estimate of drug-likeness (QED) is 0.559. The number of anilines is 3. The van der Waals surface area contributed by atoms with E-state index in [1.54, 1.807) is 4.90 Å². The van der Waals surface area contributed by atoms with Crippen LogP contribution in [0.1, 0.15) is 16.1 Å². The highest BCUT2D eigenvalue weighted by Crippen LogP contribution is 2.36. The van der Waals surface area contributed by atoms with Crippen molar-refractivity contribution in [2.75, 3.05) is 48.3 Å². The molecule has 10 heteroatoms. The first kappa shape index (κ1) is 23.2. The number of amides is 2. The fourth-order valence-electron chi connectivity index (χ4n) is 3.75. The molecule has 0 unspecified atom stereocenters. The Labute approximate surface area is 194 Å². The second-order valence-corrected chi connectivity index (χ2v) is 7.75. The second kappa shape index (κ2) is 9.90. The van der Waals surface area contributed by atoms with Gasteiger partial charge >= 0.3 is 6.18 Å². The van der Waals surface area contributed by atoms with Crippen molar-refractivity contribution in [3.63, 3.8) is 0 Å². The molecule has 1 saturated heterocycles. The number of nitrogens with zero attached hydrogens (tertiary/aromatic N) is 2. The Hall–Kier alpha value is -3.95. The van der Waals surface area contributed by atoms with E-state index in [0.717, 1.165) is 11.8 Å². The van der Waals surface area contributed by atoms with E-state index in [-0.39, 0.29) is 29.6 Å². The smallest absolute Gasteiger partial charge is 0.418 e. The van der Waals surface area contributed by atoms with Gasteiger partial charge in [-0.3, -0.25) is 9.59 Å². The standard InChI is InChI=1S/C24H23F3N4O3/c25-24(26,27)19-15-17(29-23(33)21-7-4-14-34-21)8-9-20(19)28-16-22(32)31-12-10-30(11-13-31)18-5-2-1-3-6-18/h1-9,14-15,28H,10-13,16H2,(H,29,33). The van der Waals surface area contributed by atoms with Crippen LogP contribution < -0.4 is 15.5 Å². The molecule has 1 aromatic heterocycles. The van der Waals surface area contributed by atoms with Crippen molar-refractivity contribution in [3.05, 3.63) is 78.3 Å². The van der Waals surface area contributed by atoms with Crippen molar-refractivity contribution >= 4 is 28.9 Å². The van der Waals surface area contributed by atoms with Crippen molar-refractivity contribution in [2.24, 2.45) is 0 Å². The second-order valence-electron chi connectivity index (χ2n) is 7.75. The summed E-state index contributed by atoms with van der Waals surface area (Å²) in [5.74, 6) is -0.964. The molecule has 1 aliphatic rings. The van der Waals surface area contributed by atoms with Crippen molar-refractivity contribution < 1.29 is 27.2 Å². The first-order valence-electron chi connectivity index (χ1n) is 10.7. The molecule has 1 fully saturated rings. The lowest BCUT2D eigenvalue weighted by Gasteiger charge is -2.36. The van der Waals surface area contributed by atoms with Crippen LogP contribution in [0.2, 0.25) is 0 Å². The molecule has 34 heavy (non-hydrogen) atoms. The lowest BCUT2D eigenvalue weighted by atomic mass is 10.1. The number of alkyl halides is 3. The Morgan fingerprint density at radius 1 is 0.941 bits per heavy atom. The van der Waals surface area contributed by atoms with Crippen molar-refractivity contribution in [2.45, 2.75) is 6.18 Å². The van der Waals surface area contributed by atoms with E-state index >= 15 is 0 Å². The Kier molecular flexibility index (Phi) is 6.76. The van der Waals surface area contributed by atoms with Gasteiger partial charge in [0.2, 0.25) is 5.91 Å². The molecule has 2 heterocycles. The van der Waals surface area contributed by atoms with Crippen LogP contribution in [0.15, 0.2) is 71.3 Å². The molecule has 2 N–H and O–H groups in total. The van der Waals surface area contributed by atoms with E-state index in [4.69, 9.17) is 4.42 Å². The van der Waals surface area contributed by atoms with Crippen LogP contribution in [0.3, 0.4) is 0 Å². The molecule has 0 radical (unpaired) electrons. The topological polar surface area (TPSA) is 77.8 Å². The predicted molar refractivity (Wildman–Crippen MR) is 122 cm³/mol. The fraction of sp³-hybridized carbons (Fsp3) is 0.250. The number of halogens is 3. The van der Waals surface area contributed by atoms with E-state index in [1.807, 2.05) is 30.3 Å². The zero-order chi connectivity index (χ0) is 24.1. The largest absolute Gasteiger partial charge is 0.459 e. The van der Waals surface area contributed by atoms with Gasteiger partial charge in [0, 0.05) is 43.2 Å². The monoisotopic (exact) mass is 472 g/mol. The van der Waals surface area contributed by atoms with Crippen LogP contribution in [-0.2, 0) is 11.0 Å². The Morgan fingerprint density at radius 2 is 1.68 bits per heavy atom. The number of rotatable bonds is 6. The first-order valence-corrected chi connectivity index (χ1v) is 10.7. The minimum absolute atomic E-state index is 0.0197. The number of hydrogen-bond acceptors (Lipinski definition) is 5. The van der Waals surface area contributed by atoms with Gasteiger partial charge in [-0.15, -0.1) is 0 Å². The maximum Gasteiger partial charge on any atom is 0.418 e. The minimum Gasteiger partial charge on any atom is -0.459 e. The Bertz CT molecular complexity index is 1130. The van der Waals surface area contributed by atoms with Gasteiger partial charge in [0.25, 0.3) is 5.91 Å². The molecule has 0 spiro atoms. The molecule has 4 rings (SSSR count). The molecule has 0 bridgehead atoms. The van der Waals surface area contributed by atoms with E-state index in [1.165, 1.54) is 30.5 Å². The summed E-state index contributed by atoms with van der Waals surface area (Å²) in [6.45, 7) is 1.99. The molecule has 0 atom stereocenters. The van der Waals surface area contributed by atoms with Gasteiger partial charge in [-0.1, -0.05) is 18.2 Å². The van der Waals surface area contributed by atoms with Gasteiger partial charge in [-0.2, -0.15) is 13.2 Å². The summed E-state index contributed by atoms with van der Waals surface area (Å²) >= 11 is 0. The van der Waals surface area contributed by atoms with E-state index < -0.39 is 17.6 Å².